The number of rotatable bonds is 9. The average Bonchev–Trinajstić information content (AvgIpc) is 2.66. The minimum Gasteiger partial charge on any atom is -0.477 e. The summed E-state index contributed by atoms with van der Waals surface area (Å²) in [6, 6.07) is 13.9. The summed E-state index contributed by atoms with van der Waals surface area (Å²) < 4.78 is 5.46. The molecule has 2 rings (SSSR count). The van der Waals surface area contributed by atoms with E-state index in [9.17, 15) is 4.79 Å². The highest BCUT2D eigenvalue weighted by atomic mass is 16.5. The van der Waals surface area contributed by atoms with Crippen molar-refractivity contribution in [3.05, 3.63) is 59.8 Å². The SMILES string of the molecule is CCOc1ncccc1C(=O)NCC(c1ccccc1)N(CC)CC. The van der Waals surface area contributed by atoms with Crippen LogP contribution in [-0.2, 0) is 0 Å². The highest BCUT2D eigenvalue weighted by Gasteiger charge is 2.20. The van der Waals surface area contributed by atoms with Crippen LogP contribution < -0.4 is 10.1 Å². The molecule has 0 bridgehead atoms. The van der Waals surface area contributed by atoms with Gasteiger partial charge in [-0.15, -0.1) is 0 Å². The van der Waals surface area contributed by atoms with E-state index in [1.165, 1.54) is 5.56 Å². The highest BCUT2D eigenvalue weighted by molar-refractivity contribution is 5.96. The summed E-state index contributed by atoms with van der Waals surface area (Å²) in [5, 5.41) is 3.04. The third-order valence-electron chi connectivity index (χ3n) is 4.19. The van der Waals surface area contributed by atoms with Crippen LogP contribution in [0.25, 0.3) is 0 Å². The zero-order valence-corrected chi connectivity index (χ0v) is 15.2. The lowest BCUT2D eigenvalue weighted by atomic mass is 10.0. The standard InChI is InChI=1S/C20H27N3O2/c1-4-23(5-2)18(16-11-8-7-9-12-16)15-22-19(24)17-13-10-14-21-20(17)25-6-3/h7-14,18H,4-6,15H2,1-3H3,(H,22,24). The van der Waals surface area contributed by atoms with Crippen LogP contribution in [0.3, 0.4) is 0 Å². The number of ether oxygens (including phenoxy) is 1. The maximum absolute atomic E-state index is 12.6. The van der Waals surface area contributed by atoms with Crippen molar-refractivity contribution in [2.45, 2.75) is 26.8 Å². The molecule has 25 heavy (non-hydrogen) atoms. The van der Waals surface area contributed by atoms with E-state index in [1.54, 1.807) is 18.3 Å². The fourth-order valence-electron chi connectivity index (χ4n) is 2.90. The van der Waals surface area contributed by atoms with Gasteiger partial charge in [-0.05, 0) is 37.7 Å². The molecule has 1 atom stereocenters. The number of hydrogen-bond donors (Lipinski definition) is 1. The quantitative estimate of drug-likeness (QED) is 0.760. The van der Waals surface area contributed by atoms with E-state index in [4.69, 9.17) is 4.74 Å². The zero-order chi connectivity index (χ0) is 18.1. The molecular weight excluding hydrogens is 314 g/mol. The van der Waals surface area contributed by atoms with Crippen LogP contribution in [0.1, 0.15) is 42.7 Å². The van der Waals surface area contributed by atoms with Crippen LogP contribution in [0.4, 0.5) is 0 Å². The van der Waals surface area contributed by atoms with E-state index in [1.807, 2.05) is 25.1 Å². The second-order valence-corrected chi connectivity index (χ2v) is 5.65. The predicted octanol–water partition coefficient (Wildman–Crippen LogP) is 3.29. The van der Waals surface area contributed by atoms with Crippen molar-refractivity contribution in [1.29, 1.82) is 0 Å². The van der Waals surface area contributed by atoms with Gasteiger partial charge in [0, 0.05) is 12.7 Å². The second-order valence-electron chi connectivity index (χ2n) is 5.65. The van der Waals surface area contributed by atoms with Crippen LogP contribution >= 0.6 is 0 Å². The van der Waals surface area contributed by atoms with Gasteiger partial charge in [0.2, 0.25) is 5.88 Å². The number of nitrogens with zero attached hydrogens (tertiary/aromatic N) is 2. The van der Waals surface area contributed by atoms with Gasteiger partial charge < -0.3 is 10.1 Å². The lowest BCUT2D eigenvalue weighted by Crippen LogP contribution is -2.38. The number of benzene rings is 1. The van der Waals surface area contributed by atoms with E-state index < -0.39 is 0 Å². The molecule has 0 aliphatic carbocycles. The molecule has 0 fully saturated rings. The Balaban J connectivity index is 2.14. The lowest BCUT2D eigenvalue weighted by Gasteiger charge is -2.30. The second kappa shape index (κ2) is 9.79. The molecule has 0 aliphatic rings. The number of amides is 1. The molecule has 2 aromatic rings. The van der Waals surface area contributed by atoms with E-state index in [-0.39, 0.29) is 11.9 Å². The third kappa shape index (κ3) is 5.03. The Morgan fingerprint density at radius 1 is 1.12 bits per heavy atom. The van der Waals surface area contributed by atoms with Crippen molar-refractivity contribution in [3.8, 4) is 5.88 Å². The van der Waals surface area contributed by atoms with Gasteiger partial charge in [-0.1, -0.05) is 44.2 Å². The van der Waals surface area contributed by atoms with Crippen LogP contribution in [0, 0.1) is 0 Å². The van der Waals surface area contributed by atoms with Gasteiger partial charge in [0.25, 0.3) is 5.91 Å². The number of pyridine rings is 1. The van der Waals surface area contributed by atoms with E-state index in [0.29, 0.717) is 24.6 Å². The van der Waals surface area contributed by atoms with E-state index >= 15 is 0 Å². The average molecular weight is 341 g/mol. The summed E-state index contributed by atoms with van der Waals surface area (Å²) >= 11 is 0. The summed E-state index contributed by atoms with van der Waals surface area (Å²) in [7, 11) is 0. The van der Waals surface area contributed by atoms with Crippen LogP contribution in [0.5, 0.6) is 5.88 Å². The maximum atomic E-state index is 12.6. The Kier molecular flexibility index (Phi) is 7.41. The van der Waals surface area contributed by atoms with Gasteiger partial charge in [-0.3, -0.25) is 9.69 Å². The molecule has 0 aliphatic heterocycles. The molecule has 5 nitrogen and oxygen atoms in total. The lowest BCUT2D eigenvalue weighted by molar-refractivity contribution is 0.0930. The number of carbonyl (C=O) groups excluding carboxylic acids is 1. The first-order valence-corrected chi connectivity index (χ1v) is 8.86. The van der Waals surface area contributed by atoms with E-state index in [0.717, 1.165) is 13.1 Å². The van der Waals surface area contributed by atoms with Crippen molar-refractivity contribution in [2.75, 3.05) is 26.2 Å². The fraction of sp³-hybridized carbons (Fsp3) is 0.400. The first-order valence-electron chi connectivity index (χ1n) is 8.86. The van der Waals surface area contributed by atoms with Crippen molar-refractivity contribution >= 4 is 5.91 Å². The highest BCUT2D eigenvalue weighted by Crippen LogP contribution is 2.20. The molecular formula is C20H27N3O2. The molecule has 134 valence electrons. The Labute approximate surface area is 150 Å². The van der Waals surface area contributed by atoms with Gasteiger partial charge in [0.15, 0.2) is 0 Å². The third-order valence-corrected chi connectivity index (χ3v) is 4.19. The summed E-state index contributed by atoms with van der Waals surface area (Å²) in [4.78, 5) is 19.1. The molecule has 1 heterocycles. The maximum Gasteiger partial charge on any atom is 0.256 e. The molecule has 0 saturated heterocycles. The number of aromatic nitrogens is 1. The van der Waals surface area contributed by atoms with Gasteiger partial charge in [-0.25, -0.2) is 4.98 Å². The van der Waals surface area contributed by atoms with Crippen LogP contribution in [0.15, 0.2) is 48.7 Å². The molecule has 1 N–H and O–H groups in total. The molecule has 1 amide bonds. The normalized spacial score (nSPS) is 12.0. The molecule has 0 saturated carbocycles. The Morgan fingerprint density at radius 3 is 2.48 bits per heavy atom. The Morgan fingerprint density at radius 2 is 1.84 bits per heavy atom. The Hall–Kier alpha value is -2.40. The zero-order valence-electron chi connectivity index (χ0n) is 15.2. The smallest absolute Gasteiger partial charge is 0.256 e. The number of likely N-dealkylation sites (N-methyl/N-ethyl adjacent to an activating group) is 1. The molecule has 5 heteroatoms. The molecule has 1 aromatic carbocycles. The predicted molar refractivity (Wildman–Crippen MR) is 99.8 cm³/mol. The van der Waals surface area contributed by atoms with Gasteiger partial charge in [-0.2, -0.15) is 0 Å². The first-order chi connectivity index (χ1) is 12.2. The first kappa shape index (κ1) is 18.9. The Bertz CT molecular complexity index is 657. The summed E-state index contributed by atoms with van der Waals surface area (Å²) in [6.45, 7) is 8.99. The summed E-state index contributed by atoms with van der Waals surface area (Å²) in [5.41, 5.74) is 1.67. The number of hydrogen-bond acceptors (Lipinski definition) is 4. The number of nitrogens with one attached hydrogen (secondary N) is 1. The van der Waals surface area contributed by atoms with Crippen molar-refractivity contribution < 1.29 is 9.53 Å². The fourth-order valence-corrected chi connectivity index (χ4v) is 2.90. The van der Waals surface area contributed by atoms with Crippen molar-refractivity contribution in [3.63, 3.8) is 0 Å². The van der Waals surface area contributed by atoms with E-state index in [2.05, 4.69) is 41.2 Å². The molecule has 1 aromatic heterocycles. The summed E-state index contributed by atoms with van der Waals surface area (Å²) in [6.07, 6.45) is 1.63. The number of carbonyl (C=O) groups is 1. The summed E-state index contributed by atoms with van der Waals surface area (Å²) in [5.74, 6) is 0.214. The molecule has 0 spiro atoms. The van der Waals surface area contributed by atoms with Gasteiger partial charge in [0.05, 0.1) is 12.6 Å². The monoisotopic (exact) mass is 341 g/mol. The largest absolute Gasteiger partial charge is 0.477 e. The molecule has 1 unspecified atom stereocenters. The van der Waals surface area contributed by atoms with Gasteiger partial charge in [0.1, 0.15) is 5.56 Å². The topological polar surface area (TPSA) is 54.5 Å². The minimum atomic E-state index is -0.162. The van der Waals surface area contributed by atoms with Crippen molar-refractivity contribution in [2.24, 2.45) is 0 Å². The van der Waals surface area contributed by atoms with Gasteiger partial charge >= 0.3 is 0 Å². The van der Waals surface area contributed by atoms with Crippen LogP contribution in [-0.4, -0.2) is 42.0 Å². The minimum absolute atomic E-state index is 0.132. The van der Waals surface area contributed by atoms with Crippen LogP contribution in [0.2, 0.25) is 0 Å². The van der Waals surface area contributed by atoms with Crippen molar-refractivity contribution in [1.82, 2.24) is 15.2 Å². The molecule has 0 radical (unpaired) electrons.